The number of carbonyl (C=O) groups is 1. The van der Waals surface area contributed by atoms with Gasteiger partial charge in [-0.15, -0.1) is 0 Å². The lowest BCUT2D eigenvalue weighted by Crippen LogP contribution is -2.03. The second kappa shape index (κ2) is 4.31. The third kappa shape index (κ3) is 2.01. The average Bonchev–Trinajstić information content (AvgIpc) is 2.71. The van der Waals surface area contributed by atoms with Gasteiger partial charge in [0, 0.05) is 16.8 Å². The molecule has 1 aliphatic rings. The summed E-state index contributed by atoms with van der Waals surface area (Å²) in [5, 5.41) is 2.72. The molecule has 19 heavy (non-hydrogen) atoms. The van der Waals surface area contributed by atoms with Crippen molar-refractivity contribution in [3.05, 3.63) is 65.2 Å². The SMILES string of the molecule is O=C1Nc2ccccc2C1=Cc1ccc(F)c(F)c1. The number of carbonyl (C=O) groups excluding carboxylic acids is 1. The van der Waals surface area contributed by atoms with Gasteiger partial charge in [0.1, 0.15) is 0 Å². The molecule has 3 rings (SSSR count). The summed E-state index contributed by atoms with van der Waals surface area (Å²) in [6.07, 6.45) is 1.55. The van der Waals surface area contributed by atoms with E-state index in [2.05, 4.69) is 5.32 Å². The van der Waals surface area contributed by atoms with Crippen molar-refractivity contribution in [3.63, 3.8) is 0 Å². The highest BCUT2D eigenvalue weighted by atomic mass is 19.2. The Labute approximate surface area is 108 Å². The van der Waals surface area contributed by atoms with Gasteiger partial charge >= 0.3 is 0 Å². The van der Waals surface area contributed by atoms with E-state index in [9.17, 15) is 13.6 Å². The number of benzene rings is 2. The summed E-state index contributed by atoms with van der Waals surface area (Å²) in [6, 6.07) is 10.8. The standard InChI is InChI=1S/C15H9F2NO/c16-12-6-5-9(8-13(12)17)7-11-10-3-1-2-4-14(10)18-15(11)19/h1-8H,(H,18,19). The molecule has 1 N–H and O–H groups in total. The van der Waals surface area contributed by atoms with Gasteiger partial charge in [0.15, 0.2) is 11.6 Å². The summed E-state index contributed by atoms with van der Waals surface area (Å²) in [5.74, 6) is -2.08. The van der Waals surface area contributed by atoms with Gasteiger partial charge in [-0.2, -0.15) is 0 Å². The summed E-state index contributed by atoms with van der Waals surface area (Å²) >= 11 is 0. The second-order valence-electron chi connectivity index (χ2n) is 4.23. The molecule has 0 atom stereocenters. The zero-order valence-electron chi connectivity index (χ0n) is 9.78. The van der Waals surface area contributed by atoms with Gasteiger partial charge in [0.05, 0.1) is 0 Å². The van der Waals surface area contributed by atoms with Gasteiger partial charge in [-0.05, 0) is 29.8 Å². The Morgan fingerprint density at radius 3 is 2.58 bits per heavy atom. The summed E-state index contributed by atoms with van der Waals surface area (Å²) in [4.78, 5) is 11.8. The zero-order valence-corrected chi connectivity index (χ0v) is 9.78. The number of rotatable bonds is 1. The van der Waals surface area contributed by atoms with Crippen LogP contribution < -0.4 is 5.32 Å². The highest BCUT2D eigenvalue weighted by Gasteiger charge is 2.23. The number of amides is 1. The Bertz CT molecular complexity index is 707. The quantitative estimate of drug-likeness (QED) is 0.779. The topological polar surface area (TPSA) is 29.1 Å². The molecule has 0 spiro atoms. The minimum absolute atomic E-state index is 0.245. The van der Waals surface area contributed by atoms with Gasteiger partial charge in [-0.3, -0.25) is 4.79 Å². The molecule has 2 aromatic rings. The summed E-state index contributed by atoms with van der Waals surface area (Å²) in [5.41, 5.74) is 2.38. The van der Waals surface area contributed by atoms with Crippen LogP contribution in [0.3, 0.4) is 0 Å². The minimum Gasteiger partial charge on any atom is -0.321 e. The maximum absolute atomic E-state index is 13.1. The number of fused-ring (bicyclic) bond motifs is 1. The fourth-order valence-electron chi connectivity index (χ4n) is 2.05. The second-order valence-corrected chi connectivity index (χ2v) is 4.23. The van der Waals surface area contributed by atoms with Gasteiger partial charge in [-0.1, -0.05) is 24.3 Å². The van der Waals surface area contributed by atoms with Crippen molar-refractivity contribution in [1.82, 2.24) is 0 Å². The Balaban J connectivity index is 2.08. The van der Waals surface area contributed by atoms with E-state index in [-0.39, 0.29) is 5.91 Å². The summed E-state index contributed by atoms with van der Waals surface area (Å²) < 4.78 is 26.0. The smallest absolute Gasteiger partial charge is 0.256 e. The lowest BCUT2D eigenvalue weighted by Gasteiger charge is -1.99. The van der Waals surface area contributed by atoms with Gasteiger partial charge in [0.2, 0.25) is 0 Å². The number of nitrogens with one attached hydrogen (secondary N) is 1. The molecular formula is C15H9F2NO. The predicted molar refractivity (Wildman–Crippen MR) is 69.3 cm³/mol. The number of hydrogen-bond acceptors (Lipinski definition) is 1. The molecule has 0 fully saturated rings. The largest absolute Gasteiger partial charge is 0.321 e. The van der Waals surface area contributed by atoms with Crippen LogP contribution in [-0.4, -0.2) is 5.91 Å². The van der Waals surface area contributed by atoms with Crippen LogP contribution in [0.5, 0.6) is 0 Å². The van der Waals surface area contributed by atoms with Gasteiger partial charge < -0.3 is 5.32 Å². The van der Waals surface area contributed by atoms with Crippen LogP contribution in [0.15, 0.2) is 42.5 Å². The normalized spacial score (nSPS) is 15.5. The van der Waals surface area contributed by atoms with Crippen molar-refractivity contribution >= 4 is 23.2 Å². The monoisotopic (exact) mass is 257 g/mol. The number of para-hydroxylation sites is 1. The molecule has 1 amide bonds. The average molecular weight is 257 g/mol. The first-order valence-corrected chi connectivity index (χ1v) is 5.72. The Hall–Kier alpha value is -2.49. The van der Waals surface area contributed by atoms with Crippen LogP contribution in [0.4, 0.5) is 14.5 Å². The number of halogens is 2. The number of hydrogen-bond donors (Lipinski definition) is 1. The first-order valence-electron chi connectivity index (χ1n) is 5.72. The van der Waals surface area contributed by atoms with Gasteiger partial charge in [0.25, 0.3) is 5.91 Å². The summed E-state index contributed by atoms with van der Waals surface area (Å²) in [6.45, 7) is 0. The maximum Gasteiger partial charge on any atom is 0.256 e. The van der Waals surface area contributed by atoms with E-state index in [1.165, 1.54) is 6.07 Å². The molecule has 0 bridgehead atoms. The molecule has 0 saturated heterocycles. The van der Waals surface area contributed by atoms with Gasteiger partial charge in [-0.25, -0.2) is 8.78 Å². The van der Waals surface area contributed by atoms with E-state index in [1.54, 1.807) is 18.2 Å². The molecule has 94 valence electrons. The fourth-order valence-corrected chi connectivity index (χ4v) is 2.05. The van der Waals surface area contributed by atoms with Crippen LogP contribution in [0, 0.1) is 11.6 Å². The van der Waals surface area contributed by atoms with E-state index < -0.39 is 11.6 Å². The maximum atomic E-state index is 13.1. The van der Waals surface area contributed by atoms with Crippen LogP contribution >= 0.6 is 0 Å². The van der Waals surface area contributed by atoms with E-state index in [1.807, 2.05) is 12.1 Å². The van der Waals surface area contributed by atoms with Crippen molar-refractivity contribution in [1.29, 1.82) is 0 Å². The molecule has 0 saturated carbocycles. The number of anilines is 1. The van der Waals surface area contributed by atoms with Crippen molar-refractivity contribution < 1.29 is 13.6 Å². The molecule has 0 unspecified atom stereocenters. The molecule has 2 nitrogen and oxygen atoms in total. The molecule has 0 radical (unpaired) electrons. The Morgan fingerprint density at radius 1 is 1.00 bits per heavy atom. The van der Waals surface area contributed by atoms with Crippen LogP contribution in [0.1, 0.15) is 11.1 Å². The predicted octanol–water partition coefficient (Wildman–Crippen LogP) is 3.46. The van der Waals surface area contributed by atoms with Crippen molar-refractivity contribution in [2.75, 3.05) is 5.32 Å². The highest BCUT2D eigenvalue weighted by Crippen LogP contribution is 2.32. The van der Waals surface area contributed by atoms with Crippen LogP contribution in [0.2, 0.25) is 0 Å². The lowest BCUT2D eigenvalue weighted by molar-refractivity contribution is -0.110. The minimum atomic E-state index is -0.930. The van der Waals surface area contributed by atoms with Crippen molar-refractivity contribution in [2.45, 2.75) is 0 Å². The lowest BCUT2D eigenvalue weighted by atomic mass is 10.0. The first kappa shape index (κ1) is 11.6. The zero-order chi connectivity index (χ0) is 13.4. The third-order valence-corrected chi connectivity index (χ3v) is 2.96. The molecule has 1 heterocycles. The van der Waals surface area contributed by atoms with E-state index in [4.69, 9.17) is 0 Å². The highest BCUT2D eigenvalue weighted by molar-refractivity contribution is 6.34. The third-order valence-electron chi connectivity index (χ3n) is 2.96. The molecule has 2 aromatic carbocycles. The molecular weight excluding hydrogens is 248 g/mol. The van der Waals surface area contributed by atoms with Crippen molar-refractivity contribution in [2.24, 2.45) is 0 Å². The molecule has 4 heteroatoms. The Morgan fingerprint density at radius 2 is 1.79 bits per heavy atom. The molecule has 0 aromatic heterocycles. The Kier molecular flexibility index (Phi) is 2.63. The van der Waals surface area contributed by atoms with E-state index >= 15 is 0 Å². The van der Waals surface area contributed by atoms with E-state index in [0.717, 1.165) is 23.4 Å². The fraction of sp³-hybridized carbons (Fsp3) is 0. The summed E-state index contributed by atoms with van der Waals surface area (Å²) in [7, 11) is 0. The van der Waals surface area contributed by atoms with Crippen LogP contribution in [0.25, 0.3) is 11.6 Å². The molecule has 1 aliphatic heterocycles. The van der Waals surface area contributed by atoms with E-state index in [0.29, 0.717) is 11.1 Å². The van der Waals surface area contributed by atoms with Crippen molar-refractivity contribution in [3.8, 4) is 0 Å². The van der Waals surface area contributed by atoms with Crippen LogP contribution in [-0.2, 0) is 4.79 Å². The molecule has 0 aliphatic carbocycles. The first-order chi connectivity index (χ1) is 9.15.